The van der Waals surface area contributed by atoms with Crippen LogP contribution in [0.2, 0.25) is 5.02 Å². The fourth-order valence-electron chi connectivity index (χ4n) is 3.23. The van der Waals surface area contributed by atoms with Crippen molar-refractivity contribution in [1.82, 2.24) is 14.6 Å². The maximum Gasteiger partial charge on any atom is 0.243 e. The van der Waals surface area contributed by atoms with Gasteiger partial charge in [-0.1, -0.05) is 24.1 Å². The first-order chi connectivity index (χ1) is 13.0. The van der Waals surface area contributed by atoms with Crippen molar-refractivity contribution in [2.45, 2.75) is 43.2 Å². The van der Waals surface area contributed by atoms with Crippen molar-refractivity contribution in [1.29, 1.82) is 0 Å². The molecule has 1 amide bonds. The number of rotatable bonds is 6. The number of piperidine rings is 1. The van der Waals surface area contributed by atoms with E-state index in [0.717, 1.165) is 18.4 Å². The van der Waals surface area contributed by atoms with E-state index >= 15 is 0 Å². The summed E-state index contributed by atoms with van der Waals surface area (Å²) in [6, 6.07) is 9.49. The van der Waals surface area contributed by atoms with Crippen LogP contribution >= 0.6 is 11.6 Å². The molecule has 1 saturated heterocycles. The molecule has 1 atom stereocenters. The standard InChI is InChI=1S/C19H22ClN3O3S/c20-16-6-8-18(9-7-16)27(25,26)23-11-2-1-5-17(23)12-19(24)22-14-15-4-3-10-21-13-15/h3-4,6-10,13,17H,1-2,5,11-12,14H2,(H,22,24). The molecular formula is C19H22ClN3O3S. The van der Waals surface area contributed by atoms with Gasteiger partial charge in [0.05, 0.1) is 4.90 Å². The number of carbonyl (C=O) groups is 1. The lowest BCUT2D eigenvalue weighted by Crippen LogP contribution is -2.45. The van der Waals surface area contributed by atoms with Crippen molar-refractivity contribution in [2.75, 3.05) is 6.54 Å². The minimum Gasteiger partial charge on any atom is -0.352 e. The lowest BCUT2D eigenvalue weighted by Gasteiger charge is -2.34. The summed E-state index contributed by atoms with van der Waals surface area (Å²) in [6.07, 6.45) is 5.89. The topological polar surface area (TPSA) is 79.4 Å². The van der Waals surface area contributed by atoms with Crippen LogP contribution in [0.5, 0.6) is 0 Å². The number of benzene rings is 1. The van der Waals surface area contributed by atoms with Gasteiger partial charge in [0.15, 0.2) is 0 Å². The molecule has 1 fully saturated rings. The molecule has 1 aromatic heterocycles. The summed E-state index contributed by atoms with van der Waals surface area (Å²) in [5.41, 5.74) is 0.903. The fourth-order valence-corrected chi connectivity index (χ4v) is 5.04. The van der Waals surface area contributed by atoms with Gasteiger partial charge in [0.25, 0.3) is 0 Å². The summed E-state index contributed by atoms with van der Waals surface area (Å²) < 4.78 is 27.5. The van der Waals surface area contributed by atoms with Crippen LogP contribution in [0.1, 0.15) is 31.2 Å². The minimum atomic E-state index is -3.66. The maximum absolute atomic E-state index is 13.0. The van der Waals surface area contributed by atoms with E-state index in [4.69, 9.17) is 11.6 Å². The summed E-state index contributed by atoms with van der Waals surface area (Å²) in [5.74, 6) is -0.165. The number of nitrogens with zero attached hydrogens (tertiary/aromatic N) is 2. The van der Waals surface area contributed by atoms with Gasteiger partial charge in [-0.3, -0.25) is 9.78 Å². The zero-order valence-corrected chi connectivity index (χ0v) is 16.4. The molecule has 3 rings (SSSR count). The number of amides is 1. The molecule has 8 heteroatoms. The smallest absolute Gasteiger partial charge is 0.243 e. The van der Waals surface area contributed by atoms with Gasteiger partial charge in [-0.2, -0.15) is 4.31 Å². The highest BCUT2D eigenvalue weighted by atomic mass is 35.5. The van der Waals surface area contributed by atoms with Crippen LogP contribution in [0, 0.1) is 0 Å². The van der Waals surface area contributed by atoms with E-state index in [1.54, 1.807) is 24.5 Å². The van der Waals surface area contributed by atoms with Crippen LogP contribution in [-0.2, 0) is 21.4 Å². The molecule has 144 valence electrons. The van der Waals surface area contributed by atoms with Crippen molar-refractivity contribution >= 4 is 27.5 Å². The first-order valence-corrected chi connectivity index (χ1v) is 10.7. The van der Waals surface area contributed by atoms with Crippen molar-refractivity contribution in [3.63, 3.8) is 0 Å². The van der Waals surface area contributed by atoms with Gasteiger partial charge in [-0.15, -0.1) is 0 Å². The second-order valence-electron chi connectivity index (χ2n) is 6.56. The predicted octanol–water partition coefficient (Wildman–Crippen LogP) is 2.98. The summed E-state index contributed by atoms with van der Waals surface area (Å²) in [5, 5.41) is 3.33. The minimum absolute atomic E-state index is 0.146. The molecule has 1 aliphatic rings. The third-order valence-corrected chi connectivity index (χ3v) is 6.84. The van der Waals surface area contributed by atoms with E-state index in [2.05, 4.69) is 10.3 Å². The number of sulfonamides is 1. The van der Waals surface area contributed by atoms with E-state index in [1.807, 2.05) is 12.1 Å². The molecule has 0 saturated carbocycles. The van der Waals surface area contributed by atoms with Gasteiger partial charge in [0.2, 0.25) is 15.9 Å². The van der Waals surface area contributed by atoms with Crippen molar-refractivity contribution in [3.05, 3.63) is 59.4 Å². The summed E-state index contributed by atoms with van der Waals surface area (Å²) in [7, 11) is -3.66. The number of carbonyl (C=O) groups excluding carboxylic acids is 1. The molecule has 6 nitrogen and oxygen atoms in total. The Balaban J connectivity index is 1.67. The molecule has 1 N–H and O–H groups in total. The molecule has 0 aliphatic carbocycles. The Morgan fingerprint density at radius 2 is 2.00 bits per heavy atom. The molecule has 1 unspecified atom stereocenters. The number of hydrogen-bond acceptors (Lipinski definition) is 4. The Hall–Kier alpha value is -1.96. The molecule has 27 heavy (non-hydrogen) atoms. The van der Waals surface area contributed by atoms with Gasteiger partial charge in [0.1, 0.15) is 0 Å². The lowest BCUT2D eigenvalue weighted by molar-refractivity contribution is -0.122. The van der Waals surface area contributed by atoms with Gasteiger partial charge < -0.3 is 5.32 Å². The monoisotopic (exact) mass is 407 g/mol. The highest BCUT2D eigenvalue weighted by molar-refractivity contribution is 7.89. The highest BCUT2D eigenvalue weighted by Gasteiger charge is 2.34. The number of nitrogens with one attached hydrogen (secondary N) is 1. The van der Waals surface area contributed by atoms with Gasteiger partial charge in [-0.25, -0.2) is 8.42 Å². The molecule has 0 spiro atoms. The summed E-state index contributed by atoms with van der Waals surface area (Å²) >= 11 is 5.86. The van der Waals surface area contributed by atoms with Gasteiger partial charge in [-0.05, 0) is 48.7 Å². The van der Waals surface area contributed by atoms with Crippen LogP contribution in [0.3, 0.4) is 0 Å². The molecule has 0 radical (unpaired) electrons. The Morgan fingerprint density at radius 1 is 1.22 bits per heavy atom. The first kappa shape index (κ1) is 19.8. The SMILES string of the molecule is O=C(CC1CCCCN1S(=O)(=O)c1ccc(Cl)cc1)NCc1cccnc1. The van der Waals surface area contributed by atoms with Crippen LogP contribution < -0.4 is 5.32 Å². The number of halogens is 1. The summed E-state index contributed by atoms with van der Waals surface area (Å²) in [6.45, 7) is 0.800. The van der Waals surface area contributed by atoms with Crippen LogP contribution in [0.15, 0.2) is 53.7 Å². The quantitative estimate of drug-likeness (QED) is 0.798. The average Bonchev–Trinajstić information content (AvgIpc) is 2.68. The van der Waals surface area contributed by atoms with E-state index < -0.39 is 10.0 Å². The predicted molar refractivity (Wildman–Crippen MR) is 104 cm³/mol. The van der Waals surface area contributed by atoms with E-state index in [0.29, 0.717) is 24.5 Å². The Kier molecular flexibility index (Phi) is 6.46. The Labute approximate surface area is 164 Å². The van der Waals surface area contributed by atoms with Crippen molar-refractivity contribution < 1.29 is 13.2 Å². The molecule has 1 aromatic carbocycles. The third-order valence-electron chi connectivity index (χ3n) is 4.63. The molecule has 2 aromatic rings. The van der Waals surface area contributed by atoms with Crippen LogP contribution in [0.4, 0.5) is 0 Å². The number of hydrogen-bond donors (Lipinski definition) is 1. The fraction of sp³-hybridized carbons (Fsp3) is 0.368. The largest absolute Gasteiger partial charge is 0.352 e. The van der Waals surface area contributed by atoms with Gasteiger partial charge in [0, 0.05) is 43.0 Å². The second kappa shape index (κ2) is 8.82. The molecule has 2 heterocycles. The zero-order chi connectivity index (χ0) is 19.3. The summed E-state index contributed by atoms with van der Waals surface area (Å²) in [4.78, 5) is 16.6. The zero-order valence-electron chi connectivity index (χ0n) is 14.8. The second-order valence-corrected chi connectivity index (χ2v) is 8.89. The van der Waals surface area contributed by atoms with Gasteiger partial charge >= 0.3 is 0 Å². The first-order valence-electron chi connectivity index (χ1n) is 8.90. The highest BCUT2D eigenvalue weighted by Crippen LogP contribution is 2.27. The maximum atomic E-state index is 13.0. The van der Waals surface area contributed by atoms with Crippen LogP contribution in [0.25, 0.3) is 0 Å². The Morgan fingerprint density at radius 3 is 2.70 bits per heavy atom. The molecule has 1 aliphatic heterocycles. The molecule has 0 bridgehead atoms. The van der Waals surface area contributed by atoms with E-state index in [9.17, 15) is 13.2 Å². The van der Waals surface area contributed by atoms with E-state index in [1.165, 1.54) is 16.4 Å². The normalized spacial score (nSPS) is 18.2. The number of pyridine rings is 1. The number of aromatic nitrogens is 1. The lowest BCUT2D eigenvalue weighted by atomic mass is 10.0. The van der Waals surface area contributed by atoms with E-state index in [-0.39, 0.29) is 23.3 Å². The van der Waals surface area contributed by atoms with Crippen LogP contribution in [-0.4, -0.2) is 36.2 Å². The average molecular weight is 408 g/mol. The third kappa shape index (κ3) is 5.06. The Bertz CT molecular complexity index is 873. The van der Waals surface area contributed by atoms with Crippen molar-refractivity contribution in [3.8, 4) is 0 Å². The van der Waals surface area contributed by atoms with Crippen molar-refractivity contribution in [2.24, 2.45) is 0 Å². The molecular weight excluding hydrogens is 386 g/mol.